The first kappa shape index (κ1) is 25.0. The Hall–Kier alpha value is -4.66. The maximum absolute atomic E-state index is 13.5. The molecule has 1 fully saturated rings. The maximum Gasteiger partial charge on any atom is 0.342 e. The summed E-state index contributed by atoms with van der Waals surface area (Å²) in [5.41, 5.74) is 3.03. The summed E-state index contributed by atoms with van der Waals surface area (Å²) in [7, 11) is 1.49. The van der Waals surface area contributed by atoms with Crippen LogP contribution in [0.1, 0.15) is 46.8 Å². The third-order valence-electron chi connectivity index (χ3n) is 6.67. The number of phenolic OH excluding ortho intramolecular Hbond substituents is 1. The van der Waals surface area contributed by atoms with Gasteiger partial charge in [0.05, 0.1) is 24.1 Å². The van der Waals surface area contributed by atoms with Crippen LogP contribution in [-0.2, 0) is 6.54 Å². The number of halogens is 1. The SMILES string of the molecule is COc1ccccc1C(=O)Nc1ccc(-c2cc(C3CCC3)n(C(=O)NCc3cccc(F)c3)n2)c(O)c1. The van der Waals surface area contributed by atoms with Crippen LogP contribution in [0.5, 0.6) is 11.5 Å². The predicted molar refractivity (Wildman–Crippen MR) is 141 cm³/mol. The highest BCUT2D eigenvalue weighted by atomic mass is 19.1. The summed E-state index contributed by atoms with van der Waals surface area (Å²) in [6.07, 6.45) is 2.96. The molecule has 5 rings (SSSR count). The van der Waals surface area contributed by atoms with Gasteiger partial charge in [0.25, 0.3) is 5.91 Å². The summed E-state index contributed by atoms with van der Waals surface area (Å²) in [6, 6.07) is 19.0. The summed E-state index contributed by atoms with van der Waals surface area (Å²) in [4.78, 5) is 25.8. The van der Waals surface area contributed by atoms with Crippen molar-refractivity contribution in [3.63, 3.8) is 0 Å². The molecule has 3 N–H and O–H groups in total. The molecule has 0 atom stereocenters. The highest BCUT2D eigenvalue weighted by Gasteiger charge is 2.27. The van der Waals surface area contributed by atoms with Crippen molar-refractivity contribution in [1.82, 2.24) is 15.1 Å². The quantitative estimate of drug-likeness (QED) is 0.294. The van der Waals surface area contributed by atoms with Gasteiger partial charge < -0.3 is 20.5 Å². The number of hydrogen-bond acceptors (Lipinski definition) is 5. The number of anilines is 1. The monoisotopic (exact) mass is 514 g/mol. The molecule has 1 heterocycles. The van der Waals surface area contributed by atoms with E-state index in [1.54, 1.807) is 48.5 Å². The van der Waals surface area contributed by atoms with Crippen molar-refractivity contribution in [2.24, 2.45) is 0 Å². The number of para-hydroxylation sites is 1. The number of nitrogens with zero attached hydrogens (tertiary/aromatic N) is 2. The van der Waals surface area contributed by atoms with Gasteiger partial charge in [-0.15, -0.1) is 0 Å². The van der Waals surface area contributed by atoms with Crippen molar-refractivity contribution < 1.29 is 23.8 Å². The molecule has 9 heteroatoms. The summed E-state index contributed by atoms with van der Waals surface area (Å²) >= 11 is 0. The van der Waals surface area contributed by atoms with E-state index in [-0.39, 0.29) is 29.9 Å². The number of methoxy groups -OCH3 is 1. The van der Waals surface area contributed by atoms with Gasteiger partial charge in [-0.2, -0.15) is 9.78 Å². The van der Waals surface area contributed by atoms with Crippen LogP contribution in [0.15, 0.2) is 72.8 Å². The number of carbonyl (C=O) groups excluding carboxylic acids is 2. The molecule has 38 heavy (non-hydrogen) atoms. The van der Waals surface area contributed by atoms with Crippen LogP contribution >= 0.6 is 0 Å². The van der Waals surface area contributed by atoms with Gasteiger partial charge in [-0.05, 0) is 60.9 Å². The van der Waals surface area contributed by atoms with Crippen molar-refractivity contribution in [2.75, 3.05) is 12.4 Å². The Balaban J connectivity index is 1.36. The zero-order valence-corrected chi connectivity index (χ0v) is 20.8. The van der Waals surface area contributed by atoms with Crippen molar-refractivity contribution in [3.05, 3.63) is 95.4 Å². The third kappa shape index (κ3) is 5.22. The summed E-state index contributed by atoms with van der Waals surface area (Å²) in [5, 5.41) is 20.9. The Labute approximate surface area is 219 Å². The van der Waals surface area contributed by atoms with Gasteiger partial charge in [0, 0.05) is 29.8 Å². The molecule has 0 unspecified atom stereocenters. The van der Waals surface area contributed by atoms with Crippen LogP contribution in [0.2, 0.25) is 0 Å². The summed E-state index contributed by atoms with van der Waals surface area (Å²) in [5.74, 6) is -0.200. The molecule has 0 aliphatic heterocycles. The molecule has 0 saturated heterocycles. The van der Waals surface area contributed by atoms with E-state index in [1.165, 1.54) is 30.0 Å². The van der Waals surface area contributed by atoms with Crippen LogP contribution in [0, 0.1) is 5.82 Å². The minimum atomic E-state index is -0.428. The molecule has 0 bridgehead atoms. The van der Waals surface area contributed by atoms with Gasteiger partial charge in [0.2, 0.25) is 0 Å². The first-order chi connectivity index (χ1) is 18.4. The molecule has 0 spiro atoms. The molecule has 2 amide bonds. The molecular formula is C29H27FN4O4. The fourth-order valence-corrected chi connectivity index (χ4v) is 4.44. The lowest BCUT2D eigenvalue weighted by atomic mass is 9.82. The van der Waals surface area contributed by atoms with Crippen molar-refractivity contribution in [2.45, 2.75) is 31.7 Å². The van der Waals surface area contributed by atoms with Crippen molar-refractivity contribution >= 4 is 17.6 Å². The number of rotatable bonds is 7. The van der Waals surface area contributed by atoms with E-state index < -0.39 is 6.03 Å². The Bertz CT molecular complexity index is 1500. The topological polar surface area (TPSA) is 105 Å². The number of ether oxygens (including phenoxy) is 1. The van der Waals surface area contributed by atoms with Crippen LogP contribution in [0.3, 0.4) is 0 Å². The first-order valence-electron chi connectivity index (χ1n) is 12.3. The zero-order valence-electron chi connectivity index (χ0n) is 20.8. The van der Waals surface area contributed by atoms with E-state index in [4.69, 9.17) is 4.74 Å². The highest BCUT2D eigenvalue weighted by molar-refractivity contribution is 6.06. The second-order valence-corrected chi connectivity index (χ2v) is 9.17. The lowest BCUT2D eigenvalue weighted by Crippen LogP contribution is -2.31. The van der Waals surface area contributed by atoms with E-state index >= 15 is 0 Å². The Morgan fingerprint density at radius 2 is 1.89 bits per heavy atom. The van der Waals surface area contributed by atoms with E-state index in [9.17, 15) is 19.1 Å². The van der Waals surface area contributed by atoms with E-state index in [2.05, 4.69) is 15.7 Å². The number of hydrogen-bond donors (Lipinski definition) is 3. The summed E-state index contributed by atoms with van der Waals surface area (Å²) < 4.78 is 20.1. The van der Waals surface area contributed by atoms with Crippen molar-refractivity contribution in [1.29, 1.82) is 0 Å². The van der Waals surface area contributed by atoms with Crippen LogP contribution in [0.4, 0.5) is 14.9 Å². The molecule has 194 valence electrons. The highest BCUT2D eigenvalue weighted by Crippen LogP contribution is 2.39. The maximum atomic E-state index is 13.5. The van der Waals surface area contributed by atoms with E-state index in [1.807, 2.05) is 6.07 Å². The van der Waals surface area contributed by atoms with Gasteiger partial charge >= 0.3 is 6.03 Å². The lowest BCUT2D eigenvalue weighted by molar-refractivity contribution is 0.102. The molecule has 1 aliphatic rings. The van der Waals surface area contributed by atoms with Crippen LogP contribution in [-0.4, -0.2) is 33.9 Å². The number of amides is 2. The smallest absolute Gasteiger partial charge is 0.342 e. The molecule has 1 saturated carbocycles. The van der Waals surface area contributed by atoms with Gasteiger partial charge in [0.15, 0.2) is 0 Å². The average Bonchev–Trinajstić information content (AvgIpc) is 3.30. The number of phenols is 1. The third-order valence-corrected chi connectivity index (χ3v) is 6.67. The molecule has 1 aliphatic carbocycles. The standard InChI is InChI=1S/C29H27FN4O4/c1-38-27-11-3-2-10-23(27)28(36)32-21-12-13-22(26(35)15-21)24-16-25(19-7-5-8-19)34(33-24)29(37)31-17-18-6-4-9-20(30)14-18/h2-4,6,9-16,19,35H,5,7-8,17H2,1H3,(H,31,37)(H,32,36). The molecule has 0 radical (unpaired) electrons. The second-order valence-electron chi connectivity index (χ2n) is 9.17. The second kappa shape index (κ2) is 10.8. The lowest BCUT2D eigenvalue weighted by Gasteiger charge is -2.25. The molecule has 4 aromatic rings. The van der Waals surface area contributed by atoms with Crippen LogP contribution < -0.4 is 15.4 Å². The van der Waals surface area contributed by atoms with Crippen LogP contribution in [0.25, 0.3) is 11.3 Å². The van der Waals surface area contributed by atoms with Crippen molar-refractivity contribution in [3.8, 4) is 22.8 Å². The average molecular weight is 515 g/mol. The fraction of sp³-hybridized carbons (Fsp3) is 0.207. The predicted octanol–water partition coefficient (Wildman–Crippen LogP) is 5.68. The summed E-state index contributed by atoms with van der Waals surface area (Å²) in [6.45, 7) is 0.155. The van der Waals surface area contributed by atoms with E-state index in [0.717, 1.165) is 25.0 Å². The number of nitrogens with one attached hydrogen (secondary N) is 2. The fourth-order valence-electron chi connectivity index (χ4n) is 4.44. The number of aromatic nitrogens is 2. The first-order valence-corrected chi connectivity index (χ1v) is 12.3. The Kier molecular flexibility index (Phi) is 7.08. The number of carbonyl (C=O) groups is 2. The van der Waals surface area contributed by atoms with Gasteiger partial charge in [0.1, 0.15) is 17.3 Å². The van der Waals surface area contributed by atoms with Gasteiger partial charge in [-0.1, -0.05) is 30.7 Å². The number of aromatic hydroxyl groups is 1. The van der Waals surface area contributed by atoms with Gasteiger partial charge in [-0.25, -0.2) is 9.18 Å². The normalized spacial score (nSPS) is 13.0. The molecular weight excluding hydrogens is 487 g/mol. The largest absolute Gasteiger partial charge is 0.507 e. The molecule has 3 aromatic carbocycles. The Morgan fingerprint density at radius 1 is 1.08 bits per heavy atom. The Morgan fingerprint density at radius 3 is 2.61 bits per heavy atom. The molecule has 1 aromatic heterocycles. The zero-order chi connectivity index (χ0) is 26.6. The minimum Gasteiger partial charge on any atom is -0.507 e. The van der Waals surface area contributed by atoms with E-state index in [0.29, 0.717) is 33.8 Å². The molecule has 8 nitrogen and oxygen atoms in total. The number of benzene rings is 3. The van der Waals surface area contributed by atoms with Gasteiger partial charge in [-0.3, -0.25) is 4.79 Å². The minimum absolute atomic E-state index is 0.0900.